The van der Waals surface area contributed by atoms with Gasteiger partial charge in [-0.25, -0.2) is 0 Å². The summed E-state index contributed by atoms with van der Waals surface area (Å²) in [6.07, 6.45) is 11.2. The van der Waals surface area contributed by atoms with Crippen molar-refractivity contribution in [3.8, 4) is 5.75 Å². The molecule has 18 heavy (non-hydrogen) atoms. The quantitative estimate of drug-likeness (QED) is 0.592. The Hall–Kier alpha value is -0.980. The van der Waals surface area contributed by atoms with Crippen LogP contribution >= 0.6 is 0 Å². The summed E-state index contributed by atoms with van der Waals surface area (Å²) in [5.74, 6) is 0.475. The fraction of sp³-hybridized carbons (Fsp3) is 0.647. The summed E-state index contributed by atoms with van der Waals surface area (Å²) >= 11 is 0. The van der Waals surface area contributed by atoms with Gasteiger partial charge in [0.05, 0.1) is 0 Å². The summed E-state index contributed by atoms with van der Waals surface area (Å²) in [7, 11) is 0. The van der Waals surface area contributed by atoms with Crippen LogP contribution in [0, 0.1) is 0 Å². The third-order valence-electron chi connectivity index (χ3n) is 3.48. The van der Waals surface area contributed by atoms with Crippen LogP contribution in [0.4, 0.5) is 0 Å². The highest BCUT2D eigenvalue weighted by atomic mass is 16.3. The molecule has 1 N–H and O–H groups in total. The zero-order valence-corrected chi connectivity index (χ0v) is 12.0. The number of rotatable bonds is 9. The highest BCUT2D eigenvalue weighted by Gasteiger charge is 2.02. The van der Waals surface area contributed by atoms with Crippen LogP contribution in [-0.4, -0.2) is 5.11 Å². The molecule has 0 bridgehead atoms. The first-order valence-corrected chi connectivity index (χ1v) is 7.58. The minimum atomic E-state index is 0.475. The molecular formula is C17H28O. The Morgan fingerprint density at radius 1 is 0.833 bits per heavy atom. The Bertz CT molecular complexity index is 330. The van der Waals surface area contributed by atoms with Crippen molar-refractivity contribution >= 4 is 0 Å². The van der Waals surface area contributed by atoms with Crippen LogP contribution in [0.1, 0.15) is 69.9 Å². The van der Waals surface area contributed by atoms with Crippen LogP contribution in [0.15, 0.2) is 18.2 Å². The van der Waals surface area contributed by atoms with Gasteiger partial charge in [-0.15, -0.1) is 0 Å². The van der Waals surface area contributed by atoms with Crippen molar-refractivity contribution in [2.24, 2.45) is 0 Å². The predicted octanol–water partition coefficient (Wildman–Crippen LogP) is 5.25. The van der Waals surface area contributed by atoms with Crippen molar-refractivity contribution in [2.75, 3.05) is 0 Å². The second-order valence-electron chi connectivity index (χ2n) is 5.23. The van der Waals surface area contributed by atoms with Crippen molar-refractivity contribution in [3.05, 3.63) is 29.3 Å². The second-order valence-corrected chi connectivity index (χ2v) is 5.23. The summed E-state index contributed by atoms with van der Waals surface area (Å²) in [5.41, 5.74) is 2.49. The molecule has 0 aliphatic heterocycles. The number of hydrogen-bond acceptors (Lipinski definition) is 1. The lowest BCUT2D eigenvalue weighted by Crippen LogP contribution is -1.91. The van der Waals surface area contributed by atoms with Crippen molar-refractivity contribution in [1.29, 1.82) is 0 Å². The first-order valence-electron chi connectivity index (χ1n) is 7.58. The van der Waals surface area contributed by atoms with Gasteiger partial charge in [-0.1, -0.05) is 64.5 Å². The Labute approximate surface area is 112 Å². The topological polar surface area (TPSA) is 20.2 Å². The largest absolute Gasteiger partial charge is 0.508 e. The number of benzene rings is 1. The SMILES string of the molecule is CCCCCCCCc1cc(CCC)ccc1O. The maximum absolute atomic E-state index is 9.84. The van der Waals surface area contributed by atoms with Crippen LogP contribution in [-0.2, 0) is 12.8 Å². The van der Waals surface area contributed by atoms with Gasteiger partial charge >= 0.3 is 0 Å². The van der Waals surface area contributed by atoms with Gasteiger partial charge in [0.1, 0.15) is 5.75 Å². The second kappa shape index (κ2) is 9.02. The molecule has 1 heteroatoms. The van der Waals surface area contributed by atoms with E-state index in [0.29, 0.717) is 5.75 Å². The Kier molecular flexibility index (Phi) is 7.55. The van der Waals surface area contributed by atoms with E-state index in [9.17, 15) is 5.11 Å². The van der Waals surface area contributed by atoms with Gasteiger partial charge in [0, 0.05) is 0 Å². The predicted molar refractivity (Wildman–Crippen MR) is 79.2 cm³/mol. The highest BCUT2D eigenvalue weighted by molar-refractivity contribution is 5.36. The molecule has 1 nitrogen and oxygen atoms in total. The molecule has 0 atom stereocenters. The van der Waals surface area contributed by atoms with Gasteiger partial charge in [-0.2, -0.15) is 0 Å². The molecule has 0 saturated carbocycles. The van der Waals surface area contributed by atoms with Gasteiger partial charge in [-0.3, -0.25) is 0 Å². The lowest BCUT2D eigenvalue weighted by atomic mass is 10.0. The van der Waals surface area contributed by atoms with Crippen LogP contribution in [0.5, 0.6) is 5.75 Å². The normalized spacial score (nSPS) is 10.8. The van der Waals surface area contributed by atoms with Crippen molar-refractivity contribution in [1.82, 2.24) is 0 Å². The molecule has 0 aromatic heterocycles. The molecule has 1 aromatic rings. The minimum Gasteiger partial charge on any atom is -0.508 e. The number of phenols is 1. The summed E-state index contributed by atoms with van der Waals surface area (Å²) in [6.45, 7) is 4.44. The number of unbranched alkanes of at least 4 members (excludes halogenated alkanes) is 5. The van der Waals surface area contributed by atoms with E-state index < -0.39 is 0 Å². The van der Waals surface area contributed by atoms with Crippen molar-refractivity contribution in [3.63, 3.8) is 0 Å². The fourth-order valence-corrected chi connectivity index (χ4v) is 2.38. The zero-order valence-electron chi connectivity index (χ0n) is 12.0. The standard InChI is InChI=1S/C17H28O/c1-3-5-6-7-8-9-11-16-14-15(10-4-2)12-13-17(16)18/h12-14,18H,3-11H2,1-2H3. The average Bonchev–Trinajstić information content (AvgIpc) is 2.37. The molecule has 0 radical (unpaired) electrons. The molecule has 0 aliphatic rings. The van der Waals surface area contributed by atoms with Gasteiger partial charge in [0.15, 0.2) is 0 Å². The lowest BCUT2D eigenvalue weighted by molar-refractivity contribution is 0.465. The van der Waals surface area contributed by atoms with E-state index in [-0.39, 0.29) is 0 Å². The molecule has 0 aliphatic carbocycles. The van der Waals surface area contributed by atoms with E-state index >= 15 is 0 Å². The zero-order chi connectivity index (χ0) is 13.2. The molecule has 1 aromatic carbocycles. The number of aryl methyl sites for hydroxylation is 2. The van der Waals surface area contributed by atoms with E-state index in [2.05, 4.69) is 19.9 Å². The number of aromatic hydroxyl groups is 1. The molecular weight excluding hydrogens is 220 g/mol. The van der Waals surface area contributed by atoms with E-state index in [1.54, 1.807) is 0 Å². The Balaban J connectivity index is 2.34. The van der Waals surface area contributed by atoms with Gasteiger partial charge in [0.25, 0.3) is 0 Å². The molecule has 0 fully saturated rings. The summed E-state index contributed by atoms with van der Waals surface area (Å²) in [6, 6.07) is 6.09. The summed E-state index contributed by atoms with van der Waals surface area (Å²) < 4.78 is 0. The molecule has 1 rings (SSSR count). The molecule has 0 spiro atoms. The molecule has 0 amide bonds. The first kappa shape index (κ1) is 15.1. The number of hydrogen-bond donors (Lipinski definition) is 1. The molecule has 102 valence electrons. The third-order valence-corrected chi connectivity index (χ3v) is 3.48. The van der Waals surface area contributed by atoms with E-state index in [0.717, 1.165) is 18.4 Å². The van der Waals surface area contributed by atoms with E-state index in [4.69, 9.17) is 0 Å². The van der Waals surface area contributed by atoms with E-state index in [1.807, 2.05) is 12.1 Å². The van der Waals surface area contributed by atoms with Crippen molar-refractivity contribution < 1.29 is 5.11 Å². The van der Waals surface area contributed by atoms with Gasteiger partial charge < -0.3 is 5.11 Å². The van der Waals surface area contributed by atoms with Gasteiger partial charge in [0.2, 0.25) is 0 Å². The maximum Gasteiger partial charge on any atom is 0.118 e. The smallest absolute Gasteiger partial charge is 0.118 e. The fourth-order valence-electron chi connectivity index (χ4n) is 2.38. The maximum atomic E-state index is 9.84. The van der Waals surface area contributed by atoms with Gasteiger partial charge in [-0.05, 0) is 36.5 Å². The van der Waals surface area contributed by atoms with Crippen LogP contribution in [0.25, 0.3) is 0 Å². The van der Waals surface area contributed by atoms with Crippen LogP contribution in [0.2, 0.25) is 0 Å². The van der Waals surface area contributed by atoms with Crippen LogP contribution < -0.4 is 0 Å². The van der Waals surface area contributed by atoms with Crippen molar-refractivity contribution in [2.45, 2.75) is 71.6 Å². The average molecular weight is 248 g/mol. The molecule has 0 unspecified atom stereocenters. The Morgan fingerprint density at radius 3 is 2.28 bits per heavy atom. The van der Waals surface area contributed by atoms with E-state index in [1.165, 1.54) is 50.5 Å². The first-order chi connectivity index (χ1) is 8.77. The monoisotopic (exact) mass is 248 g/mol. The summed E-state index contributed by atoms with van der Waals surface area (Å²) in [4.78, 5) is 0. The third kappa shape index (κ3) is 5.57. The molecule has 0 heterocycles. The van der Waals surface area contributed by atoms with Crippen LogP contribution in [0.3, 0.4) is 0 Å². The Morgan fingerprint density at radius 2 is 1.56 bits per heavy atom. The lowest BCUT2D eigenvalue weighted by Gasteiger charge is -2.07. The number of phenolic OH excluding ortho intramolecular Hbond substituents is 1. The highest BCUT2D eigenvalue weighted by Crippen LogP contribution is 2.22. The summed E-state index contributed by atoms with van der Waals surface area (Å²) in [5, 5.41) is 9.84. The molecule has 0 saturated heterocycles. The minimum absolute atomic E-state index is 0.475.